The fraction of sp³-hybridized carbons (Fsp3) is 0.615. The predicted octanol–water partition coefficient (Wildman–Crippen LogP) is 2.08. The molecule has 0 fully saturated rings. The van der Waals surface area contributed by atoms with E-state index >= 15 is 0 Å². The predicted molar refractivity (Wildman–Crippen MR) is 64.6 cm³/mol. The molecule has 1 atom stereocenters. The number of fused-ring (bicyclic) bond motifs is 1. The average Bonchev–Trinajstić information content (AvgIpc) is 2.73. The fourth-order valence-corrected chi connectivity index (χ4v) is 1.82. The van der Waals surface area contributed by atoms with Crippen LogP contribution >= 0.6 is 0 Å². The van der Waals surface area contributed by atoms with Crippen LogP contribution < -0.4 is 10.5 Å². The quantitative estimate of drug-likeness (QED) is 0.845. The highest BCUT2D eigenvalue weighted by atomic mass is 16.5. The lowest BCUT2D eigenvalue weighted by molar-refractivity contribution is 0.218. The molecule has 0 bridgehead atoms. The van der Waals surface area contributed by atoms with Crippen molar-refractivity contribution in [2.75, 3.05) is 6.61 Å². The lowest BCUT2D eigenvalue weighted by Crippen LogP contribution is -2.41. The number of ether oxygens (including phenoxy) is 1. The van der Waals surface area contributed by atoms with Gasteiger partial charge in [0.15, 0.2) is 0 Å². The van der Waals surface area contributed by atoms with Crippen LogP contribution in [0.3, 0.4) is 0 Å². The molecule has 16 heavy (non-hydrogen) atoms. The monoisotopic (exact) mass is 220 g/mol. The van der Waals surface area contributed by atoms with Crippen LogP contribution in [0, 0.1) is 0 Å². The molecule has 2 rings (SSSR count). The van der Waals surface area contributed by atoms with E-state index in [0.717, 1.165) is 19.3 Å². The molecule has 0 radical (unpaired) electrons. The Hall–Kier alpha value is -1.09. The molecule has 3 heteroatoms. The van der Waals surface area contributed by atoms with Crippen LogP contribution in [0.2, 0.25) is 0 Å². The summed E-state index contributed by atoms with van der Waals surface area (Å²) in [6, 6.07) is 4.08. The molecule has 0 aliphatic heterocycles. The molecular weight excluding hydrogens is 200 g/mol. The highest BCUT2D eigenvalue weighted by Crippen LogP contribution is 2.22. The van der Waals surface area contributed by atoms with Crippen molar-refractivity contribution in [2.24, 2.45) is 5.73 Å². The van der Waals surface area contributed by atoms with Crippen molar-refractivity contribution in [1.82, 2.24) is 4.98 Å². The van der Waals surface area contributed by atoms with Gasteiger partial charge in [0.25, 0.3) is 0 Å². The number of nitrogens with zero attached hydrogens (tertiary/aromatic N) is 1. The van der Waals surface area contributed by atoms with E-state index in [1.54, 1.807) is 0 Å². The minimum absolute atomic E-state index is 0.263. The topological polar surface area (TPSA) is 48.1 Å². The molecule has 0 aromatic carbocycles. The molecule has 1 aromatic heterocycles. The van der Waals surface area contributed by atoms with E-state index in [0.29, 0.717) is 12.5 Å². The van der Waals surface area contributed by atoms with Crippen LogP contribution in [-0.4, -0.2) is 17.1 Å². The van der Waals surface area contributed by atoms with Crippen molar-refractivity contribution in [3.8, 4) is 5.88 Å². The Morgan fingerprint density at radius 3 is 3.00 bits per heavy atom. The van der Waals surface area contributed by atoms with Crippen molar-refractivity contribution < 1.29 is 4.74 Å². The Balaban J connectivity index is 2.00. The van der Waals surface area contributed by atoms with Crippen LogP contribution in [0.1, 0.15) is 37.9 Å². The van der Waals surface area contributed by atoms with Crippen LogP contribution in [0.4, 0.5) is 0 Å². The van der Waals surface area contributed by atoms with E-state index in [4.69, 9.17) is 10.5 Å². The maximum atomic E-state index is 6.02. The van der Waals surface area contributed by atoms with Crippen molar-refractivity contribution in [3.63, 3.8) is 0 Å². The van der Waals surface area contributed by atoms with Crippen molar-refractivity contribution in [2.45, 2.75) is 45.1 Å². The summed E-state index contributed by atoms with van der Waals surface area (Å²) >= 11 is 0. The number of hydrogen-bond acceptors (Lipinski definition) is 3. The van der Waals surface area contributed by atoms with E-state index in [1.165, 1.54) is 17.7 Å². The zero-order chi connectivity index (χ0) is 11.6. The van der Waals surface area contributed by atoms with Crippen LogP contribution in [0.5, 0.6) is 5.88 Å². The van der Waals surface area contributed by atoms with Crippen LogP contribution in [0.15, 0.2) is 12.1 Å². The second kappa shape index (κ2) is 4.42. The molecule has 1 aromatic rings. The molecule has 0 saturated carbocycles. The molecule has 1 aliphatic rings. The third kappa shape index (κ3) is 2.53. The minimum Gasteiger partial charge on any atom is -0.476 e. The molecule has 0 amide bonds. The van der Waals surface area contributed by atoms with Gasteiger partial charge in [-0.3, -0.25) is 0 Å². The van der Waals surface area contributed by atoms with E-state index in [2.05, 4.69) is 18.0 Å². The Labute approximate surface area is 97.0 Å². The van der Waals surface area contributed by atoms with Gasteiger partial charge in [-0.05, 0) is 38.2 Å². The molecule has 1 unspecified atom stereocenters. The highest BCUT2D eigenvalue weighted by Gasteiger charge is 2.18. The van der Waals surface area contributed by atoms with Crippen molar-refractivity contribution in [3.05, 3.63) is 23.4 Å². The second-order valence-corrected chi connectivity index (χ2v) is 4.91. The summed E-state index contributed by atoms with van der Waals surface area (Å²) in [7, 11) is 0. The summed E-state index contributed by atoms with van der Waals surface area (Å²) < 4.78 is 5.65. The summed E-state index contributed by atoms with van der Waals surface area (Å²) in [5.74, 6) is 0.714. The first kappa shape index (κ1) is 11.4. The Morgan fingerprint density at radius 1 is 1.44 bits per heavy atom. The van der Waals surface area contributed by atoms with Crippen molar-refractivity contribution >= 4 is 0 Å². The normalized spacial score (nSPS) is 17.9. The van der Waals surface area contributed by atoms with Gasteiger partial charge < -0.3 is 10.5 Å². The van der Waals surface area contributed by atoms with Gasteiger partial charge in [-0.2, -0.15) is 0 Å². The zero-order valence-electron chi connectivity index (χ0n) is 10.1. The number of aromatic nitrogens is 1. The van der Waals surface area contributed by atoms with Gasteiger partial charge in [-0.25, -0.2) is 4.98 Å². The average molecular weight is 220 g/mol. The van der Waals surface area contributed by atoms with Gasteiger partial charge in [0.1, 0.15) is 6.61 Å². The summed E-state index contributed by atoms with van der Waals surface area (Å²) in [5.41, 5.74) is 8.34. The van der Waals surface area contributed by atoms with Gasteiger partial charge in [0.2, 0.25) is 5.88 Å². The van der Waals surface area contributed by atoms with E-state index < -0.39 is 0 Å². The van der Waals surface area contributed by atoms with Gasteiger partial charge in [0.05, 0.1) is 0 Å². The molecule has 1 aliphatic carbocycles. The first-order valence-corrected chi connectivity index (χ1v) is 6.01. The lowest BCUT2D eigenvalue weighted by atomic mass is 10.0. The zero-order valence-corrected chi connectivity index (χ0v) is 10.1. The highest BCUT2D eigenvalue weighted by molar-refractivity contribution is 5.29. The largest absolute Gasteiger partial charge is 0.476 e. The standard InChI is InChI=1S/C13H20N2O/c1-3-13(2,14)9-16-12-8-7-10-5-4-6-11(10)15-12/h7-8H,3-6,9,14H2,1-2H3. The van der Waals surface area contributed by atoms with Crippen molar-refractivity contribution in [1.29, 1.82) is 0 Å². The van der Waals surface area contributed by atoms with Gasteiger partial charge in [-0.1, -0.05) is 13.0 Å². The van der Waals surface area contributed by atoms with Crippen LogP contribution in [0.25, 0.3) is 0 Å². The first-order valence-electron chi connectivity index (χ1n) is 6.01. The molecule has 88 valence electrons. The van der Waals surface area contributed by atoms with Gasteiger partial charge >= 0.3 is 0 Å². The van der Waals surface area contributed by atoms with Crippen LogP contribution in [-0.2, 0) is 12.8 Å². The first-order chi connectivity index (χ1) is 7.61. The van der Waals surface area contributed by atoms with E-state index in [1.807, 2.05) is 13.0 Å². The van der Waals surface area contributed by atoms with E-state index in [9.17, 15) is 0 Å². The molecule has 0 spiro atoms. The summed E-state index contributed by atoms with van der Waals surface area (Å²) in [6.45, 7) is 4.59. The van der Waals surface area contributed by atoms with E-state index in [-0.39, 0.29) is 5.54 Å². The number of rotatable bonds is 4. The maximum absolute atomic E-state index is 6.02. The Kier molecular flexibility index (Phi) is 3.15. The van der Waals surface area contributed by atoms with Gasteiger partial charge in [0, 0.05) is 17.3 Å². The molecular formula is C13H20N2O. The number of nitrogens with two attached hydrogens (primary N) is 1. The summed E-state index contributed by atoms with van der Waals surface area (Å²) in [5, 5.41) is 0. The molecule has 3 nitrogen and oxygen atoms in total. The molecule has 0 saturated heterocycles. The van der Waals surface area contributed by atoms with Gasteiger partial charge in [-0.15, -0.1) is 0 Å². The Bertz CT molecular complexity index is 374. The summed E-state index contributed by atoms with van der Waals surface area (Å²) in [6.07, 6.45) is 4.36. The smallest absolute Gasteiger partial charge is 0.213 e. The third-order valence-corrected chi connectivity index (χ3v) is 3.26. The summed E-state index contributed by atoms with van der Waals surface area (Å²) in [4.78, 5) is 4.51. The third-order valence-electron chi connectivity index (χ3n) is 3.26. The molecule has 2 N–H and O–H groups in total. The number of hydrogen-bond donors (Lipinski definition) is 1. The maximum Gasteiger partial charge on any atom is 0.213 e. The Morgan fingerprint density at radius 2 is 2.25 bits per heavy atom. The molecule has 1 heterocycles. The minimum atomic E-state index is -0.263. The lowest BCUT2D eigenvalue weighted by Gasteiger charge is -2.22. The number of aryl methyl sites for hydroxylation is 2. The second-order valence-electron chi connectivity index (χ2n) is 4.91. The number of pyridine rings is 1. The SMILES string of the molecule is CCC(C)(N)COc1ccc2c(n1)CCC2. The fourth-order valence-electron chi connectivity index (χ4n) is 1.82.